The predicted octanol–water partition coefficient (Wildman–Crippen LogP) is 3.36. The fraction of sp³-hybridized carbons (Fsp3) is 0.208. The first-order valence-corrected chi connectivity index (χ1v) is 9.83. The zero-order valence-electron chi connectivity index (χ0n) is 16.4. The molecule has 1 saturated heterocycles. The molecule has 0 bridgehead atoms. The van der Waals surface area contributed by atoms with Crippen LogP contribution in [0.2, 0.25) is 0 Å². The van der Waals surface area contributed by atoms with E-state index in [0.717, 1.165) is 18.6 Å². The molecule has 2 aliphatic heterocycles. The Morgan fingerprint density at radius 1 is 0.900 bits per heavy atom. The summed E-state index contributed by atoms with van der Waals surface area (Å²) in [7, 11) is 0. The maximum atomic E-state index is 12.1. The van der Waals surface area contributed by atoms with Crippen LogP contribution in [0.15, 0.2) is 101 Å². The normalized spacial score (nSPS) is 23.9. The Bertz CT molecular complexity index is 1020. The molecule has 30 heavy (non-hydrogen) atoms. The number of carbonyl (C=O) groups excluding carboxylic acids is 2. The maximum Gasteiger partial charge on any atom is 0.272 e. The van der Waals surface area contributed by atoms with Crippen LogP contribution in [0, 0.1) is 5.92 Å². The molecule has 0 radical (unpaired) electrons. The number of imide groups is 1. The number of aliphatic imine (C=N–C) groups is 1. The first kappa shape index (κ1) is 19.6. The molecular weight excluding hydrogens is 380 g/mol. The third-order valence-corrected chi connectivity index (χ3v) is 4.85. The molecule has 2 aliphatic carbocycles. The third kappa shape index (κ3) is 5.03. The first-order chi connectivity index (χ1) is 14.7. The van der Waals surface area contributed by atoms with E-state index in [-0.39, 0.29) is 11.6 Å². The summed E-state index contributed by atoms with van der Waals surface area (Å²) in [4.78, 5) is 28.6. The van der Waals surface area contributed by atoms with Gasteiger partial charge in [-0.05, 0) is 35.8 Å². The largest absolute Gasteiger partial charge is 0.497 e. The molecule has 2 heterocycles. The van der Waals surface area contributed by atoms with Crippen LogP contribution in [0.4, 0.5) is 0 Å². The molecule has 0 aromatic carbocycles. The fourth-order valence-electron chi connectivity index (χ4n) is 3.14. The van der Waals surface area contributed by atoms with Crippen LogP contribution in [0.3, 0.4) is 0 Å². The van der Waals surface area contributed by atoms with Crippen LogP contribution in [0.5, 0.6) is 0 Å². The molecule has 1 N–H and O–H groups in total. The molecule has 0 aromatic rings. The highest BCUT2D eigenvalue weighted by molar-refractivity contribution is 6.50. The number of hydrogen-bond donors (Lipinski definition) is 1. The lowest BCUT2D eigenvalue weighted by Gasteiger charge is -1.99. The number of rotatable bonds is 0. The third-order valence-electron chi connectivity index (χ3n) is 4.85. The Hall–Kier alpha value is -3.67. The van der Waals surface area contributed by atoms with Crippen molar-refractivity contribution in [2.45, 2.75) is 12.8 Å². The summed E-state index contributed by atoms with van der Waals surface area (Å²) >= 11 is 0. The molecule has 1 fully saturated rings. The molecule has 2 amide bonds. The highest BCUT2D eigenvalue weighted by Gasteiger charge is 2.38. The van der Waals surface area contributed by atoms with Crippen molar-refractivity contribution in [3.8, 4) is 0 Å². The summed E-state index contributed by atoms with van der Waals surface area (Å²) in [5.74, 6) is -0.436. The average Bonchev–Trinajstić information content (AvgIpc) is 3.62. The second-order valence-electron chi connectivity index (χ2n) is 7.03. The number of carbonyl (C=O) groups is 2. The Kier molecular flexibility index (Phi) is 6.03. The van der Waals surface area contributed by atoms with Gasteiger partial charge in [-0.1, -0.05) is 42.5 Å². The molecule has 152 valence electrons. The minimum Gasteiger partial charge on any atom is -0.497 e. The minimum atomic E-state index is -0.658. The van der Waals surface area contributed by atoms with E-state index in [2.05, 4.69) is 10.3 Å². The molecule has 4 aliphatic rings. The summed E-state index contributed by atoms with van der Waals surface area (Å²) < 4.78 is 11.0. The summed E-state index contributed by atoms with van der Waals surface area (Å²) in [6, 6.07) is 0. The number of ether oxygens (including phenoxy) is 2. The maximum absolute atomic E-state index is 12.1. The predicted molar refractivity (Wildman–Crippen MR) is 114 cm³/mol. The molecule has 4 rings (SSSR count). The summed E-state index contributed by atoms with van der Waals surface area (Å²) in [6.45, 7) is 0.837. The van der Waals surface area contributed by atoms with E-state index in [0.29, 0.717) is 13.2 Å². The van der Waals surface area contributed by atoms with Crippen LogP contribution in [0.1, 0.15) is 12.8 Å². The van der Waals surface area contributed by atoms with Gasteiger partial charge in [-0.15, -0.1) is 0 Å². The van der Waals surface area contributed by atoms with Gasteiger partial charge in [-0.2, -0.15) is 0 Å². The van der Waals surface area contributed by atoms with Gasteiger partial charge in [0.15, 0.2) is 0 Å². The average molecular weight is 402 g/mol. The summed E-state index contributed by atoms with van der Waals surface area (Å²) in [6.07, 6.45) is 23.2. The van der Waals surface area contributed by atoms with Crippen LogP contribution in [-0.2, 0) is 19.1 Å². The smallest absolute Gasteiger partial charge is 0.272 e. The SMILES string of the molecule is O=C1NC(=O)C2C=CC=CCOC=CC=CC=CC=COC3=C(C3)C3=C(CN=C12)C3. The van der Waals surface area contributed by atoms with Gasteiger partial charge in [0, 0.05) is 12.0 Å². The van der Waals surface area contributed by atoms with Crippen LogP contribution >= 0.6 is 0 Å². The van der Waals surface area contributed by atoms with E-state index in [9.17, 15) is 9.59 Å². The van der Waals surface area contributed by atoms with Gasteiger partial charge in [-0.3, -0.25) is 19.9 Å². The van der Waals surface area contributed by atoms with Gasteiger partial charge in [0.25, 0.3) is 5.91 Å². The second kappa shape index (κ2) is 9.22. The lowest BCUT2D eigenvalue weighted by atomic mass is 10.1. The van der Waals surface area contributed by atoms with Crippen LogP contribution in [0.25, 0.3) is 0 Å². The Labute approximate surface area is 175 Å². The monoisotopic (exact) mass is 402 g/mol. The van der Waals surface area contributed by atoms with Crippen LogP contribution < -0.4 is 5.32 Å². The van der Waals surface area contributed by atoms with Crippen molar-refractivity contribution in [3.05, 3.63) is 95.8 Å². The molecule has 6 nitrogen and oxygen atoms in total. The quantitative estimate of drug-likeness (QED) is 0.631. The van der Waals surface area contributed by atoms with Gasteiger partial charge in [0.2, 0.25) is 5.91 Å². The Balaban J connectivity index is 1.49. The number of hydrogen-bond acceptors (Lipinski definition) is 5. The van der Waals surface area contributed by atoms with E-state index in [1.165, 1.54) is 16.7 Å². The number of nitrogens with zero attached hydrogens (tertiary/aromatic N) is 1. The standard InChI is InChI=1S/C24H22N2O4/c27-23-18-10-6-5-8-12-29-11-7-3-1-2-4-9-13-30-21-15-20(21)19-14-17(19)16-25-22(18)24(28)26-23/h1-11,13,18H,12,14-16H2,(H,26,27,28). The Morgan fingerprint density at radius 3 is 2.57 bits per heavy atom. The zero-order valence-corrected chi connectivity index (χ0v) is 16.4. The van der Waals surface area contributed by atoms with Crippen molar-refractivity contribution in [1.82, 2.24) is 5.32 Å². The minimum absolute atomic E-state index is 0.267. The fourth-order valence-corrected chi connectivity index (χ4v) is 3.14. The molecule has 0 aromatic heterocycles. The first-order valence-electron chi connectivity index (χ1n) is 9.83. The van der Waals surface area contributed by atoms with Gasteiger partial charge < -0.3 is 9.47 Å². The number of amides is 2. The number of allylic oxidation sites excluding steroid dienone is 11. The molecule has 1 atom stereocenters. The number of nitrogens with one attached hydrogen (secondary N) is 1. The molecule has 6 heteroatoms. The molecule has 0 saturated carbocycles. The van der Waals surface area contributed by atoms with Gasteiger partial charge in [0.05, 0.1) is 19.1 Å². The van der Waals surface area contributed by atoms with Crippen LogP contribution in [-0.4, -0.2) is 30.7 Å². The van der Waals surface area contributed by atoms with Crippen molar-refractivity contribution < 1.29 is 19.1 Å². The molecular formula is C24H22N2O4. The van der Waals surface area contributed by atoms with Gasteiger partial charge >= 0.3 is 0 Å². The second-order valence-corrected chi connectivity index (χ2v) is 7.03. The van der Waals surface area contributed by atoms with Crippen molar-refractivity contribution in [1.29, 1.82) is 0 Å². The Morgan fingerprint density at radius 2 is 1.70 bits per heavy atom. The number of fused-ring (bicyclic) bond motifs is 2. The van der Waals surface area contributed by atoms with Crippen molar-refractivity contribution in [3.63, 3.8) is 0 Å². The van der Waals surface area contributed by atoms with E-state index >= 15 is 0 Å². The summed E-state index contributed by atoms with van der Waals surface area (Å²) in [5, 5.41) is 2.34. The lowest BCUT2D eigenvalue weighted by molar-refractivity contribution is -0.125. The van der Waals surface area contributed by atoms with Crippen molar-refractivity contribution in [2.75, 3.05) is 13.2 Å². The molecule has 1 unspecified atom stereocenters. The lowest BCUT2D eigenvalue weighted by Crippen LogP contribution is -2.22. The van der Waals surface area contributed by atoms with Crippen molar-refractivity contribution in [2.24, 2.45) is 10.9 Å². The van der Waals surface area contributed by atoms with E-state index in [4.69, 9.17) is 9.47 Å². The highest BCUT2D eigenvalue weighted by Crippen LogP contribution is 2.49. The van der Waals surface area contributed by atoms with E-state index < -0.39 is 11.8 Å². The highest BCUT2D eigenvalue weighted by atomic mass is 16.5. The van der Waals surface area contributed by atoms with Crippen molar-refractivity contribution >= 4 is 17.5 Å². The zero-order chi connectivity index (χ0) is 20.8. The van der Waals surface area contributed by atoms with E-state index in [1.807, 2.05) is 36.5 Å². The molecule has 0 spiro atoms. The topological polar surface area (TPSA) is 77.0 Å². The summed E-state index contributed by atoms with van der Waals surface area (Å²) in [5.41, 5.74) is 3.97. The van der Waals surface area contributed by atoms with Gasteiger partial charge in [-0.25, -0.2) is 0 Å². The van der Waals surface area contributed by atoms with Gasteiger partial charge in [0.1, 0.15) is 24.0 Å². The van der Waals surface area contributed by atoms with E-state index in [1.54, 1.807) is 36.8 Å².